The molecular formula is C13H20N2O3S. The highest BCUT2D eigenvalue weighted by Crippen LogP contribution is 2.34. The van der Waals surface area contributed by atoms with E-state index in [-0.39, 0.29) is 10.5 Å². The van der Waals surface area contributed by atoms with Gasteiger partial charge in [0.15, 0.2) is 0 Å². The van der Waals surface area contributed by atoms with Gasteiger partial charge < -0.3 is 19.8 Å². The lowest BCUT2D eigenvalue weighted by atomic mass is 9.84. The summed E-state index contributed by atoms with van der Waals surface area (Å²) in [6.45, 7) is 3.17. The average Bonchev–Trinajstić information content (AvgIpc) is 2.83. The molecule has 1 atom stereocenters. The van der Waals surface area contributed by atoms with Crippen molar-refractivity contribution in [1.29, 1.82) is 0 Å². The van der Waals surface area contributed by atoms with Crippen molar-refractivity contribution in [3.8, 4) is 0 Å². The lowest BCUT2D eigenvalue weighted by Crippen LogP contribution is -2.49. The predicted octanol–water partition coefficient (Wildman–Crippen LogP) is 1.25. The van der Waals surface area contributed by atoms with Crippen LogP contribution in [0.3, 0.4) is 0 Å². The van der Waals surface area contributed by atoms with Gasteiger partial charge in [-0.3, -0.25) is 4.79 Å². The smallest absolute Gasteiger partial charge is 0.304 e. The van der Waals surface area contributed by atoms with Crippen LogP contribution in [0.2, 0.25) is 0 Å². The molecule has 2 saturated heterocycles. The fourth-order valence-electron chi connectivity index (χ4n) is 2.95. The van der Waals surface area contributed by atoms with Crippen LogP contribution in [-0.4, -0.2) is 36.4 Å². The molecule has 6 heteroatoms. The zero-order valence-corrected chi connectivity index (χ0v) is 11.8. The Morgan fingerprint density at radius 3 is 3.00 bits per heavy atom. The molecule has 0 aromatic carbocycles. The zero-order chi connectivity index (χ0) is 13.1. The molecule has 1 unspecified atom stereocenters. The lowest BCUT2D eigenvalue weighted by Gasteiger charge is -2.43. The molecule has 5 nitrogen and oxygen atoms in total. The molecule has 1 aromatic heterocycles. The fourth-order valence-corrected chi connectivity index (χ4v) is 3.53. The van der Waals surface area contributed by atoms with E-state index in [2.05, 4.69) is 10.3 Å². The quantitative estimate of drug-likeness (QED) is 0.877. The fraction of sp³-hybridized carbons (Fsp3) is 0.769. The van der Waals surface area contributed by atoms with Crippen LogP contribution in [0.25, 0.3) is 0 Å². The minimum absolute atomic E-state index is 0.0182. The van der Waals surface area contributed by atoms with Crippen LogP contribution in [0.1, 0.15) is 31.4 Å². The molecule has 19 heavy (non-hydrogen) atoms. The molecule has 0 radical (unpaired) electrons. The minimum atomic E-state index is 0.0182. The van der Waals surface area contributed by atoms with E-state index >= 15 is 0 Å². The molecule has 1 aromatic rings. The Labute approximate surface area is 116 Å². The number of ether oxygens (including phenoxy) is 2. The second kappa shape index (κ2) is 5.75. The summed E-state index contributed by atoms with van der Waals surface area (Å²) < 4.78 is 11.4. The number of hydrogen-bond acceptors (Lipinski definition) is 5. The second-order valence-corrected chi connectivity index (χ2v) is 6.23. The lowest BCUT2D eigenvalue weighted by molar-refractivity contribution is -0.140. The Kier molecular flexibility index (Phi) is 4.02. The molecule has 0 bridgehead atoms. The van der Waals surface area contributed by atoms with Crippen LogP contribution in [0.5, 0.6) is 0 Å². The molecule has 0 saturated carbocycles. The third-order valence-corrected chi connectivity index (χ3v) is 4.77. The van der Waals surface area contributed by atoms with Gasteiger partial charge in [-0.1, -0.05) is 11.3 Å². The Morgan fingerprint density at radius 1 is 1.42 bits per heavy atom. The zero-order valence-electron chi connectivity index (χ0n) is 10.9. The van der Waals surface area contributed by atoms with E-state index in [0.717, 1.165) is 57.7 Å². The molecule has 2 aliphatic heterocycles. The number of rotatable bonds is 3. The summed E-state index contributed by atoms with van der Waals surface area (Å²) in [4.78, 5) is 13.9. The maximum atomic E-state index is 11.1. The van der Waals surface area contributed by atoms with Gasteiger partial charge in [0.2, 0.25) is 0 Å². The Bertz CT molecular complexity index is 459. The van der Waals surface area contributed by atoms with Crippen molar-refractivity contribution in [2.75, 3.05) is 19.8 Å². The molecule has 0 aliphatic carbocycles. The molecule has 1 spiro atoms. The maximum absolute atomic E-state index is 11.1. The van der Waals surface area contributed by atoms with Crippen molar-refractivity contribution in [2.45, 2.75) is 43.9 Å². The number of nitrogens with one attached hydrogen (secondary N) is 2. The molecule has 2 N–H and O–H groups in total. The highest BCUT2D eigenvalue weighted by Gasteiger charge is 2.38. The van der Waals surface area contributed by atoms with E-state index in [1.165, 1.54) is 11.3 Å². The number of hydrogen-bond donors (Lipinski definition) is 2. The third-order valence-electron chi connectivity index (χ3n) is 4.05. The van der Waals surface area contributed by atoms with Crippen molar-refractivity contribution >= 4 is 11.3 Å². The van der Waals surface area contributed by atoms with Crippen LogP contribution < -0.4 is 10.2 Å². The molecule has 2 aliphatic rings. The Hall–Kier alpha value is -0.690. The first-order chi connectivity index (χ1) is 9.26. The summed E-state index contributed by atoms with van der Waals surface area (Å²) in [7, 11) is 0. The maximum Gasteiger partial charge on any atom is 0.304 e. The van der Waals surface area contributed by atoms with Gasteiger partial charge in [-0.25, -0.2) is 0 Å². The summed E-state index contributed by atoms with van der Waals surface area (Å²) in [6, 6.07) is 0.468. The highest BCUT2D eigenvalue weighted by molar-refractivity contribution is 7.07. The van der Waals surface area contributed by atoms with E-state index in [0.29, 0.717) is 6.04 Å². The van der Waals surface area contributed by atoms with Crippen LogP contribution in [-0.2, 0) is 16.0 Å². The summed E-state index contributed by atoms with van der Waals surface area (Å²) in [6.07, 6.45) is 4.09. The topological polar surface area (TPSA) is 63.4 Å². The summed E-state index contributed by atoms with van der Waals surface area (Å²) in [5, 5.41) is 5.43. The van der Waals surface area contributed by atoms with Gasteiger partial charge in [0.1, 0.15) is 0 Å². The molecule has 106 valence electrons. The van der Waals surface area contributed by atoms with Gasteiger partial charge >= 0.3 is 4.87 Å². The van der Waals surface area contributed by atoms with Crippen molar-refractivity contribution < 1.29 is 9.47 Å². The van der Waals surface area contributed by atoms with Crippen molar-refractivity contribution in [2.24, 2.45) is 0 Å². The Morgan fingerprint density at radius 2 is 2.26 bits per heavy atom. The minimum Gasteiger partial charge on any atom is -0.381 e. The van der Waals surface area contributed by atoms with Gasteiger partial charge in [-0.05, 0) is 25.7 Å². The standard InChI is InChI=1S/C13H20N2O3S/c16-12-15-11(9-19-12)8-14-10-1-4-18-13(7-10)2-5-17-6-3-13/h9-10,14H,1-8H2,(H,15,16). The average molecular weight is 284 g/mol. The van der Waals surface area contributed by atoms with E-state index in [1.807, 2.05) is 5.38 Å². The molecular weight excluding hydrogens is 264 g/mol. The predicted molar refractivity (Wildman–Crippen MR) is 73.5 cm³/mol. The highest BCUT2D eigenvalue weighted by atomic mass is 32.1. The van der Waals surface area contributed by atoms with E-state index in [4.69, 9.17) is 9.47 Å². The number of aromatic amines is 1. The van der Waals surface area contributed by atoms with Crippen LogP contribution >= 0.6 is 11.3 Å². The number of aromatic nitrogens is 1. The van der Waals surface area contributed by atoms with Crippen molar-refractivity contribution in [3.05, 3.63) is 20.7 Å². The number of thiazole rings is 1. The van der Waals surface area contributed by atoms with Crippen LogP contribution in [0, 0.1) is 0 Å². The van der Waals surface area contributed by atoms with Crippen molar-refractivity contribution in [3.63, 3.8) is 0 Å². The van der Waals surface area contributed by atoms with Crippen LogP contribution in [0.15, 0.2) is 10.2 Å². The SMILES string of the molecule is O=c1[nH]c(CNC2CCOC3(CCOCC3)C2)cs1. The third kappa shape index (κ3) is 3.25. The first-order valence-electron chi connectivity index (χ1n) is 6.88. The summed E-state index contributed by atoms with van der Waals surface area (Å²) >= 11 is 1.22. The summed E-state index contributed by atoms with van der Waals surface area (Å²) in [5.41, 5.74) is 0.999. The molecule has 3 rings (SSSR count). The van der Waals surface area contributed by atoms with Crippen LogP contribution in [0.4, 0.5) is 0 Å². The van der Waals surface area contributed by atoms with E-state index in [9.17, 15) is 4.79 Å². The second-order valence-electron chi connectivity index (χ2n) is 5.39. The summed E-state index contributed by atoms with van der Waals surface area (Å²) in [5.74, 6) is 0. The molecule has 3 heterocycles. The van der Waals surface area contributed by atoms with Gasteiger partial charge in [-0.15, -0.1) is 0 Å². The first-order valence-corrected chi connectivity index (χ1v) is 7.76. The van der Waals surface area contributed by atoms with Gasteiger partial charge in [-0.2, -0.15) is 0 Å². The van der Waals surface area contributed by atoms with Gasteiger partial charge in [0.05, 0.1) is 5.60 Å². The largest absolute Gasteiger partial charge is 0.381 e. The molecule has 2 fully saturated rings. The first kappa shape index (κ1) is 13.3. The van der Waals surface area contributed by atoms with Crippen molar-refractivity contribution in [1.82, 2.24) is 10.3 Å². The monoisotopic (exact) mass is 284 g/mol. The van der Waals surface area contributed by atoms with E-state index < -0.39 is 0 Å². The Balaban J connectivity index is 1.54. The molecule has 0 amide bonds. The normalized spacial score (nSPS) is 26.6. The van der Waals surface area contributed by atoms with Gasteiger partial charge in [0, 0.05) is 43.5 Å². The number of H-pyrrole nitrogens is 1. The van der Waals surface area contributed by atoms with E-state index in [1.54, 1.807) is 0 Å². The van der Waals surface area contributed by atoms with Gasteiger partial charge in [0.25, 0.3) is 0 Å².